The molecule has 0 saturated heterocycles. The normalized spacial score (nSPS) is 9.74. The van der Waals surface area contributed by atoms with Crippen molar-refractivity contribution < 1.29 is 4.79 Å². The van der Waals surface area contributed by atoms with Crippen LogP contribution in [0.15, 0.2) is 30.5 Å². The van der Waals surface area contributed by atoms with Crippen LogP contribution in [0.5, 0.6) is 0 Å². The van der Waals surface area contributed by atoms with E-state index in [0.29, 0.717) is 22.1 Å². The van der Waals surface area contributed by atoms with Gasteiger partial charge in [-0.05, 0) is 18.2 Å². The number of urea groups is 1. The second kappa shape index (κ2) is 5.42. The fraction of sp³-hybridized carbons (Fsp3) is 0.0833. The van der Waals surface area contributed by atoms with Gasteiger partial charge >= 0.3 is 6.03 Å². The Kier molecular flexibility index (Phi) is 3.68. The molecule has 0 aliphatic rings. The molecule has 0 radical (unpaired) electrons. The van der Waals surface area contributed by atoms with Crippen molar-refractivity contribution in [3.8, 4) is 6.07 Å². The third-order valence-electron chi connectivity index (χ3n) is 2.37. The van der Waals surface area contributed by atoms with Gasteiger partial charge in [0.25, 0.3) is 0 Å². The predicted molar refractivity (Wildman–Crippen MR) is 72.0 cm³/mol. The van der Waals surface area contributed by atoms with E-state index in [4.69, 9.17) is 16.9 Å². The third-order valence-corrected chi connectivity index (χ3v) is 2.61. The fourth-order valence-corrected chi connectivity index (χ4v) is 1.69. The van der Waals surface area contributed by atoms with Crippen LogP contribution in [0, 0.1) is 11.3 Å². The molecule has 7 heteroatoms. The molecule has 2 rings (SSSR count). The molecule has 96 valence electrons. The summed E-state index contributed by atoms with van der Waals surface area (Å²) in [5.74, 6) is 0.335. The maximum absolute atomic E-state index is 11.8. The lowest BCUT2D eigenvalue weighted by Gasteiger charge is -2.08. The monoisotopic (exact) mass is 275 g/mol. The van der Waals surface area contributed by atoms with Crippen LogP contribution < -0.4 is 10.6 Å². The van der Waals surface area contributed by atoms with Crippen LogP contribution in [0.2, 0.25) is 5.02 Å². The topological polar surface area (TPSA) is 82.7 Å². The van der Waals surface area contributed by atoms with Crippen LogP contribution in [-0.2, 0) is 7.05 Å². The summed E-state index contributed by atoms with van der Waals surface area (Å²) in [6.45, 7) is 0. The minimum atomic E-state index is -0.470. The standard InChI is InChI=1S/C12H10ClN5O/c1-18-11(8(6-14)7-15-18)17-12(19)16-10-4-2-3-9(13)5-10/h2-5,7H,1H3,(H2,16,17,19). The Labute approximate surface area is 114 Å². The smallest absolute Gasteiger partial charge is 0.308 e. The molecular formula is C12H10ClN5O. The zero-order chi connectivity index (χ0) is 13.8. The number of halogens is 1. The first-order chi connectivity index (χ1) is 9.10. The molecule has 2 N–H and O–H groups in total. The molecule has 19 heavy (non-hydrogen) atoms. The second-order valence-electron chi connectivity index (χ2n) is 3.73. The fourth-order valence-electron chi connectivity index (χ4n) is 1.50. The molecule has 0 unspecified atom stereocenters. The summed E-state index contributed by atoms with van der Waals surface area (Å²) in [5, 5.41) is 18.5. The molecule has 0 aliphatic heterocycles. The highest BCUT2D eigenvalue weighted by atomic mass is 35.5. The number of hydrogen-bond acceptors (Lipinski definition) is 3. The van der Waals surface area contributed by atoms with E-state index < -0.39 is 6.03 Å². The van der Waals surface area contributed by atoms with E-state index in [1.165, 1.54) is 10.9 Å². The summed E-state index contributed by atoms with van der Waals surface area (Å²) in [6.07, 6.45) is 1.38. The molecule has 1 aromatic carbocycles. The molecule has 0 aliphatic carbocycles. The van der Waals surface area contributed by atoms with Crippen molar-refractivity contribution >= 4 is 29.1 Å². The van der Waals surface area contributed by atoms with E-state index in [1.807, 2.05) is 6.07 Å². The number of carbonyl (C=O) groups is 1. The number of carbonyl (C=O) groups excluding carboxylic acids is 1. The number of benzene rings is 1. The number of aromatic nitrogens is 2. The molecule has 0 atom stereocenters. The Morgan fingerprint density at radius 3 is 2.95 bits per heavy atom. The Hall–Kier alpha value is -2.52. The quantitative estimate of drug-likeness (QED) is 0.884. The first kappa shape index (κ1) is 12.9. The first-order valence-corrected chi connectivity index (χ1v) is 5.73. The molecular weight excluding hydrogens is 266 g/mol. The average molecular weight is 276 g/mol. The van der Waals surface area contributed by atoms with Crippen molar-refractivity contribution in [3.05, 3.63) is 41.0 Å². The molecule has 6 nitrogen and oxygen atoms in total. The lowest BCUT2D eigenvalue weighted by Crippen LogP contribution is -2.21. The molecule has 0 spiro atoms. The average Bonchev–Trinajstić information content (AvgIpc) is 2.70. The van der Waals surface area contributed by atoms with Crippen molar-refractivity contribution in [2.45, 2.75) is 0 Å². The van der Waals surface area contributed by atoms with Crippen LogP contribution in [-0.4, -0.2) is 15.8 Å². The minimum Gasteiger partial charge on any atom is -0.308 e. The maximum atomic E-state index is 11.8. The SMILES string of the molecule is Cn1ncc(C#N)c1NC(=O)Nc1cccc(Cl)c1. The van der Waals surface area contributed by atoms with Gasteiger partial charge in [0.15, 0.2) is 0 Å². The molecule has 0 fully saturated rings. The Morgan fingerprint density at radius 2 is 2.26 bits per heavy atom. The number of hydrogen-bond donors (Lipinski definition) is 2. The predicted octanol–water partition coefficient (Wildman–Crippen LogP) is 2.59. The maximum Gasteiger partial charge on any atom is 0.324 e. The van der Waals surface area contributed by atoms with Crippen molar-refractivity contribution in [1.82, 2.24) is 9.78 Å². The van der Waals surface area contributed by atoms with Gasteiger partial charge in [0.05, 0.1) is 6.20 Å². The van der Waals surface area contributed by atoms with Crippen molar-refractivity contribution in [2.75, 3.05) is 10.6 Å². The van der Waals surface area contributed by atoms with E-state index in [-0.39, 0.29) is 0 Å². The number of anilines is 2. The zero-order valence-corrected chi connectivity index (χ0v) is 10.8. The molecule has 1 aromatic heterocycles. The van der Waals surface area contributed by atoms with Gasteiger partial charge in [0.2, 0.25) is 0 Å². The van der Waals surface area contributed by atoms with E-state index in [1.54, 1.807) is 31.3 Å². The Balaban J connectivity index is 2.10. The van der Waals surface area contributed by atoms with E-state index in [9.17, 15) is 4.79 Å². The van der Waals surface area contributed by atoms with Crippen LogP contribution >= 0.6 is 11.6 Å². The zero-order valence-electron chi connectivity index (χ0n) is 10.0. The van der Waals surface area contributed by atoms with Gasteiger partial charge in [-0.15, -0.1) is 0 Å². The summed E-state index contributed by atoms with van der Waals surface area (Å²) in [7, 11) is 1.63. The van der Waals surface area contributed by atoms with Crippen LogP contribution in [0.3, 0.4) is 0 Å². The molecule has 0 bridgehead atoms. The van der Waals surface area contributed by atoms with Gasteiger partial charge < -0.3 is 5.32 Å². The van der Waals surface area contributed by atoms with Gasteiger partial charge in [-0.2, -0.15) is 10.4 Å². The summed E-state index contributed by atoms with van der Waals surface area (Å²) < 4.78 is 1.41. The highest BCUT2D eigenvalue weighted by Crippen LogP contribution is 2.16. The van der Waals surface area contributed by atoms with Crippen LogP contribution in [0.4, 0.5) is 16.3 Å². The third kappa shape index (κ3) is 3.03. The van der Waals surface area contributed by atoms with Crippen molar-refractivity contribution in [3.63, 3.8) is 0 Å². The lowest BCUT2D eigenvalue weighted by molar-refractivity contribution is 0.262. The summed E-state index contributed by atoms with van der Waals surface area (Å²) >= 11 is 5.82. The highest BCUT2D eigenvalue weighted by molar-refractivity contribution is 6.30. The highest BCUT2D eigenvalue weighted by Gasteiger charge is 2.11. The lowest BCUT2D eigenvalue weighted by atomic mass is 10.3. The van der Waals surface area contributed by atoms with Gasteiger partial charge in [-0.1, -0.05) is 17.7 Å². The molecule has 0 saturated carbocycles. The van der Waals surface area contributed by atoms with Crippen LogP contribution in [0.1, 0.15) is 5.56 Å². The van der Waals surface area contributed by atoms with E-state index >= 15 is 0 Å². The Bertz CT molecular complexity index is 658. The molecule has 2 amide bonds. The minimum absolute atomic E-state index is 0.295. The number of nitriles is 1. The van der Waals surface area contributed by atoms with Crippen LogP contribution in [0.25, 0.3) is 0 Å². The number of aryl methyl sites for hydroxylation is 1. The van der Waals surface area contributed by atoms with Gasteiger partial charge in [-0.3, -0.25) is 10.00 Å². The molecule has 1 heterocycles. The van der Waals surface area contributed by atoms with Crippen molar-refractivity contribution in [2.24, 2.45) is 7.05 Å². The Morgan fingerprint density at radius 1 is 1.47 bits per heavy atom. The number of rotatable bonds is 2. The number of amides is 2. The number of nitrogens with zero attached hydrogens (tertiary/aromatic N) is 3. The van der Waals surface area contributed by atoms with Crippen molar-refractivity contribution in [1.29, 1.82) is 5.26 Å². The van der Waals surface area contributed by atoms with Gasteiger partial charge in [-0.25, -0.2) is 4.79 Å². The summed E-state index contributed by atoms with van der Waals surface area (Å²) in [4.78, 5) is 11.8. The summed E-state index contributed by atoms with van der Waals surface area (Å²) in [5.41, 5.74) is 0.856. The number of nitrogens with one attached hydrogen (secondary N) is 2. The van der Waals surface area contributed by atoms with Gasteiger partial charge in [0, 0.05) is 17.8 Å². The largest absolute Gasteiger partial charge is 0.324 e. The van der Waals surface area contributed by atoms with E-state index in [0.717, 1.165) is 0 Å². The second-order valence-corrected chi connectivity index (χ2v) is 4.17. The molecule has 2 aromatic rings. The van der Waals surface area contributed by atoms with Gasteiger partial charge in [0.1, 0.15) is 17.5 Å². The van der Waals surface area contributed by atoms with E-state index in [2.05, 4.69) is 15.7 Å². The first-order valence-electron chi connectivity index (χ1n) is 5.36. The summed E-state index contributed by atoms with van der Waals surface area (Å²) in [6, 6.07) is 8.24.